The lowest BCUT2D eigenvalue weighted by Crippen LogP contribution is -2.25. The lowest BCUT2D eigenvalue weighted by atomic mass is 9.77. The lowest BCUT2D eigenvalue weighted by molar-refractivity contribution is -0.384. The average Bonchev–Trinajstić information content (AvgIpc) is 3.00. The van der Waals surface area contributed by atoms with Gasteiger partial charge in [0.2, 0.25) is 0 Å². The maximum absolute atomic E-state index is 12.8. The quantitative estimate of drug-likeness (QED) is 0.524. The van der Waals surface area contributed by atoms with Gasteiger partial charge in [-0.05, 0) is 24.3 Å². The minimum atomic E-state index is -0.430. The molecule has 1 aliphatic carbocycles. The van der Waals surface area contributed by atoms with Crippen molar-refractivity contribution in [1.29, 1.82) is 0 Å². The number of ketones is 1. The minimum absolute atomic E-state index is 0.00138. The number of Topliss-reactive ketones (excluding diaryl/α,β-unsaturated/α-hetero) is 1. The Morgan fingerprint density at radius 1 is 1.43 bits per heavy atom. The summed E-state index contributed by atoms with van der Waals surface area (Å²) in [5.74, 6) is 0.0972. The van der Waals surface area contributed by atoms with Gasteiger partial charge in [-0.1, -0.05) is 20.3 Å². The third-order valence-electron chi connectivity index (χ3n) is 4.72. The van der Waals surface area contributed by atoms with E-state index in [4.69, 9.17) is 0 Å². The van der Waals surface area contributed by atoms with Crippen LogP contribution in [-0.4, -0.2) is 15.7 Å². The molecule has 5 nitrogen and oxygen atoms in total. The van der Waals surface area contributed by atoms with Gasteiger partial charge >= 0.3 is 0 Å². The Labute approximate surface area is 122 Å². The van der Waals surface area contributed by atoms with E-state index in [1.165, 1.54) is 12.1 Å². The first kappa shape index (κ1) is 13.8. The summed E-state index contributed by atoms with van der Waals surface area (Å²) >= 11 is 0. The molecule has 3 rings (SSSR count). The van der Waals surface area contributed by atoms with Crippen molar-refractivity contribution < 1.29 is 9.72 Å². The highest BCUT2D eigenvalue weighted by Crippen LogP contribution is 2.44. The molecule has 2 aromatic rings. The Balaban J connectivity index is 2.06. The largest absolute Gasteiger partial charge is 0.360 e. The molecule has 110 valence electrons. The number of nitro groups is 1. The average molecular weight is 286 g/mol. The summed E-state index contributed by atoms with van der Waals surface area (Å²) in [6.45, 7) is 4.25. The van der Waals surface area contributed by atoms with E-state index < -0.39 is 4.92 Å². The van der Waals surface area contributed by atoms with Gasteiger partial charge in [0.05, 0.1) is 4.92 Å². The number of aromatic amines is 1. The Bertz CT molecular complexity index is 730. The van der Waals surface area contributed by atoms with E-state index in [9.17, 15) is 14.9 Å². The molecular formula is C16H18N2O3. The molecule has 1 atom stereocenters. The molecule has 1 aromatic heterocycles. The van der Waals surface area contributed by atoms with E-state index >= 15 is 0 Å². The van der Waals surface area contributed by atoms with Gasteiger partial charge in [-0.3, -0.25) is 14.9 Å². The molecule has 0 spiro atoms. The van der Waals surface area contributed by atoms with Crippen molar-refractivity contribution in [2.75, 3.05) is 0 Å². The van der Waals surface area contributed by atoms with Crippen LogP contribution < -0.4 is 0 Å². The van der Waals surface area contributed by atoms with Crippen molar-refractivity contribution in [1.82, 2.24) is 4.98 Å². The van der Waals surface area contributed by atoms with Crippen LogP contribution in [0.25, 0.3) is 10.9 Å². The minimum Gasteiger partial charge on any atom is -0.360 e. The number of nitrogens with zero attached hydrogens (tertiary/aromatic N) is 1. The molecule has 21 heavy (non-hydrogen) atoms. The maximum Gasteiger partial charge on any atom is 0.270 e. The Morgan fingerprint density at radius 3 is 2.81 bits per heavy atom. The van der Waals surface area contributed by atoms with E-state index in [2.05, 4.69) is 18.8 Å². The zero-order chi connectivity index (χ0) is 15.2. The molecule has 0 aliphatic heterocycles. The van der Waals surface area contributed by atoms with Gasteiger partial charge in [0, 0.05) is 40.7 Å². The molecule has 1 aromatic carbocycles. The van der Waals surface area contributed by atoms with Gasteiger partial charge in [-0.15, -0.1) is 0 Å². The molecule has 0 saturated heterocycles. The number of H-pyrrole nitrogens is 1. The Morgan fingerprint density at radius 2 is 2.19 bits per heavy atom. The lowest BCUT2D eigenvalue weighted by Gasteiger charge is -2.25. The van der Waals surface area contributed by atoms with E-state index in [1.807, 2.05) is 0 Å². The summed E-state index contributed by atoms with van der Waals surface area (Å²) in [5.41, 5.74) is 1.36. The van der Waals surface area contributed by atoms with E-state index in [1.54, 1.807) is 12.3 Å². The van der Waals surface area contributed by atoms with Crippen LogP contribution in [-0.2, 0) is 0 Å². The molecule has 1 aliphatic rings. The van der Waals surface area contributed by atoms with Gasteiger partial charge in [-0.25, -0.2) is 0 Å². The van der Waals surface area contributed by atoms with Gasteiger partial charge in [0.15, 0.2) is 5.78 Å². The summed E-state index contributed by atoms with van der Waals surface area (Å²) in [6, 6.07) is 4.59. The van der Waals surface area contributed by atoms with Crippen LogP contribution in [0.1, 0.15) is 43.5 Å². The van der Waals surface area contributed by atoms with Crippen LogP contribution in [0.2, 0.25) is 0 Å². The number of aromatic nitrogens is 1. The normalized spacial score (nSPS) is 20.8. The molecule has 1 saturated carbocycles. The Kier molecular flexibility index (Phi) is 3.08. The smallest absolute Gasteiger partial charge is 0.270 e. The zero-order valence-electron chi connectivity index (χ0n) is 12.2. The number of carbonyl (C=O) groups excluding carboxylic acids is 1. The number of carbonyl (C=O) groups is 1. The third-order valence-corrected chi connectivity index (χ3v) is 4.72. The topological polar surface area (TPSA) is 76.0 Å². The monoisotopic (exact) mass is 286 g/mol. The number of benzene rings is 1. The van der Waals surface area contributed by atoms with Crippen LogP contribution in [0.15, 0.2) is 24.4 Å². The molecular weight excluding hydrogens is 268 g/mol. The molecule has 0 amide bonds. The second-order valence-electron chi connectivity index (χ2n) is 6.49. The van der Waals surface area contributed by atoms with Gasteiger partial charge in [-0.2, -0.15) is 0 Å². The number of fused-ring (bicyclic) bond motifs is 1. The molecule has 1 unspecified atom stereocenters. The standard InChI is InChI=1S/C16H18N2O3/c1-16(2)7-3-4-13(16)15(19)12-9-17-14-6-5-10(18(20)21)8-11(12)14/h5-6,8-9,13,17H,3-4,7H2,1-2H3. The number of nitrogens with one attached hydrogen (secondary N) is 1. The van der Waals surface area contributed by atoms with Crippen LogP contribution in [0.5, 0.6) is 0 Å². The summed E-state index contributed by atoms with van der Waals surface area (Å²) in [4.78, 5) is 26.4. The highest BCUT2D eigenvalue weighted by Gasteiger charge is 2.40. The molecule has 0 bridgehead atoms. The fourth-order valence-electron chi connectivity index (χ4n) is 3.43. The summed E-state index contributed by atoms with van der Waals surface area (Å²) in [7, 11) is 0. The molecule has 1 heterocycles. The number of non-ortho nitro benzene ring substituents is 1. The summed E-state index contributed by atoms with van der Waals surface area (Å²) in [5, 5.41) is 11.6. The first-order valence-electron chi connectivity index (χ1n) is 7.20. The number of nitro benzene ring substituents is 1. The SMILES string of the molecule is CC1(C)CCCC1C(=O)c1c[nH]c2ccc([N+](=O)[O-])cc12. The number of rotatable bonds is 3. The number of hydrogen-bond acceptors (Lipinski definition) is 3. The second-order valence-corrected chi connectivity index (χ2v) is 6.49. The van der Waals surface area contributed by atoms with E-state index in [-0.39, 0.29) is 22.8 Å². The second kappa shape index (κ2) is 4.69. The zero-order valence-corrected chi connectivity index (χ0v) is 12.2. The highest BCUT2D eigenvalue weighted by molar-refractivity contribution is 6.09. The fraction of sp³-hybridized carbons (Fsp3) is 0.438. The van der Waals surface area contributed by atoms with Crippen molar-refractivity contribution in [2.24, 2.45) is 11.3 Å². The van der Waals surface area contributed by atoms with Crippen LogP contribution in [0, 0.1) is 21.4 Å². The predicted molar refractivity (Wildman–Crippen MR) is 80.4 cm³/mol. The molecule has 1 N–H and O–H groups in total. The van der Waals surface area contributed by atoms with Crippen LogP contribution >= 0.6 is 0 Å². The molecule has 0 radical (unpaired) electrons. The van der Waals surface area contributed by atoms with Gasteiger partial charge in [0.1, 0.15) is 0 Å². The fourth-order valence-corrected chi connectivity index (χ4v) is 3.43. The van der Waals surface area contributed by atoms with Crippen molar-refractivity contribution in [3.05, 3.63) is 40.1 Å². The first-order chi connectivity index (χ1) is 9.90. The van der Waals surface area contributed by atoms with Gasteiger partial charge in [0.25, 0.3) is 5.69 Å². The van der Waals surface area contributed by atoms with Gasteiger partial charge < -0.3 is 4.98 Å². The van der Waals surface area contributed by atoms with Crippen molar-refractivity contribution in [3.63, 3.8) is 0 Å². The van der Waals surface area contributed by atoms with Crippen LogP contribution in [0.3, 0.4) is 0 Å². The third kappa shape index (κ3) is 2.22. The van der Waals surface area contributed by atoms with Crippen molar-refractivity contribution >= 4 is 22.4 Å². The summed E-state index contributed by atoms with van der Waals surface area (Å²) < 4.78 is 0. The number of hydrogen-bond donors (Lipinski definition) is 1. The van der Waals surface area contributed by atoms with E-state index in [0.29, 0.717) is 10.9 Å². The van der Waals surface area contributed by atoms with Crippen molar-refractivity contribution in [3.8, 4) is 0 Å². The van der Waals surface area contributed by atoms with Crippen molar-refractivity contribution in [2.45, 2.75) is 33.1 Å². The van der Waals surface area contributed by atoms with E-state index in [0.717, 1.165) is 24.8 Å². The van der Waals surface area contributed by atoms with Crippen LogP contribution in [0.4, 0.5) is 5.69 Å². The highest BCUT2D eigenvalue weighted by atomic mass is 16.6. The molecule has 5 heteroatoms. The Hall–Kier alpha value is -2.17. The maximum atomic E-state index is 12.8. The first-order valence-corrected chi connectivity index (χ1v) is 7.20. The summed E-state index contributed by atoms with van der Waals surface area (Å²) in [6.07, 6.45) is 4.69. The molecule has 1 fully saturated rings. The predicted octanol–water partition coefficient (Wildman–Crippen LogP) is 4.09.